The van der Waals surface area contributed by atoms with Crippen molar-refractivity contribution in [3.05, 3.63) is 30.1 Å². The normalized spacial score (nSPS) is 18.6. The molecule has 0 aliphatic carbocycles. The molecule has 1 aromatic carbocycles. The molecule has 17 heavy (non-hydrogen) atoms. The van der Waals surface area contributed by atoms with Gasteiger partial charge in [0, 0.05) is 17.4 Å². The maximum Gasteiger partial charge on any atom is 0.210 e. The average molecular weight is 250 g/mol. The van der Waals surface area contributed by atoms with Crippen LogP contribution in [0.1, 0.15) is 6.92 Å². The van der Waals surface area contributed by atoms with Crippen molar-refractivity contribution in [2.45, 2.75) is 18.1 Å². The van der Waals surface area contributed by atoms with E-state index in [4.69, 9.17) is 0 Å². The number of halogens is 1. The van der Waals surface area contributed by atoms with Crippen LogP contribution in [0.25, 0.3) is 11.4 Å². The highest BCUT2D eigenvalue weighted by Crippen LogP contribution is 2.26. The second kappa shape index (κ2) is 4.03. The molecular weight excluding hydrogens is 239 g/mol. The summed E-state index contributed by atoms with van der Waals surface area (Å²) in [5.41, 5.74) is 4.00. The van der Waals surface area contributed by atoms with Crippen LogP contribution >= 0.6 is 11.8 Å². The van der Waals surface area contributed by atoms with E-state index in [1.54, 1.807) is 17.8 Å². The van der Waals surface area contributed by atoms with Crippen LogP contribution < -0.4 is 5.43 Å². The zero-order valence-electron chi connectivity index (χ0n) is 9.22. The van der Waals surface area contributed by atoms with Gasteiger partial charge in [-0.1, -0.05) is 23.9 Å². The van der Waals surface area contributed by atoms with E-state index >= 15 is 0 Å². The van der Waals surface area contributed by atoms with Gasteiger partial charge in [0.15, 0.2) is 5.82 Å². The smallest absolute Gasteiger partial charge is 0.210 e. The summed E-state index contributed by atoms with van der Waals surface area (Å²) in [4.78, 5) is 0. The van der Waals surface area contributed by atoms with E-state index in [0.717, 1.165) is 16.5 Å². The monoisotopic (exact) mass is 250 g/mol. The van der Waals surface area contributed by atoms with E-state index < -0.39 is 0 Å². The summed E-state index contributed by atoms with van der Waals surface area (Å²) < 4.78 is 15.0. The second-order valence-corrected chi connectivity index (χ2v) is 4.98. The fraction of sp³-hybridized carbons (Fsp3) is 0.273. The summed E-state index contributed by atoms with van der Waals surface area (Å²) in [7, 11) is 0. The van der Waals surface area contributed by atoms with Crippen LogP contribution in [0, 0.1) is 5.82 Å². The lowest BCUT2D eigenvalue weighted by molar-refractivity contribution is 0.627. The molecule has 0 amide bonds. The third-order valence-corrected chi connectivity index (χ3v) is 3.72. The minimum absolute atomic E-state index is 0.267. The minimum atomic E-state index is -0.267. The maximum atomic E-state index is 13.2. The topological polar surface area (TPSA) is 42.7 Å². The first-order valence-electron chi connectivity index (χ1n) is 5.35. The third kappa shape index (κ3) is 1.88. The predicted molar refractivity (Wildman–Crippen MR) is 65.0 cm³/mol. The molecular formula is C11H11FN4S. The van der Waals surface area contributed by atoms with Crippen molar-refractivity contribution in [3.8, 4) is 11.4 Å². The van der Waals surface area contributed by atoms with Gasteiger partial charge in [0.05, 0.1) is 0 Å². The number of benzene rings is 1. The first kappa shape index (κ1) is 10.6. The highest BCUT2D eigenvalue weighted by Gasteiger charge is 2.21. The molecule has 1 aliphatic rings. The van der Waals surface area contributed by atoms with Gasteiger partial charge < -0.3 is 5.43 Å². The number of aromatic nitrogens is 3. The van der Waals surface area contributed by atoms with Gasteiger partial charge >= 0.3 is 0 Å². The van der Waals surface area contributed by atoms with Crippen molar-refractivity contribution < 1.29 is 4.39 Å². The Labute approximate surface area is 102 Å². The quantitative estimate of drug-likeness (QED) is 0.842. The summed E-state index contributed by atoms with van der Waals surface area (Å²) in [5, 5.41) is 9.02. The first-order chi connectivity index (χ1) is 8.24. The van der Waals surface area contributed by atoms with Gasteiger partial charge in [-0.2, -0.15) is 0 Å². The van der Waals surface area contributed by atoms with Gasteiger partial charge in [0.25, 0.3) is 0 Å². The largest absolute Gasteiger partial charge is 0.318 e. The molecule has 0 fully saturated rings. The zero-order chi connectivity index (χ0) is 11.8. The molecule has 1 atom stereocenters. The number of fused-ring (bicyclic) bond motifs is 1. The van der Waals surface area contributed by atoms with Gasteiger partial charge in [-0.05, 0) is 19.1 Å². The number of nitrogens with one attached hydrogen (secondary N) is 1. The number of hydrogen-bond donors (Lipinski definition) is 1. The lowest BCUT2D eigenvalue weighted by Crippen LogP contribution is -2.32. The lowest BCUT2D eigenvalue weighted by atomic mass is 10.2. The van der Waals surface area contributed by atoms with E-state index in [1.807, 2.05) is 10.7 Å². The first-order valence-corrected chi connectivity index (χ1v) is 6.33. The SMILES string of the molecule is CC1CSc2nnc(-c3cccc(F)c3)n2N1. The Morgan fingerprint density at radius 1 is 1.47 bits per heavy atom. The Morgan fingerprint density at radius 3 is 3.18 bits per heavy atom. The Bertz CT molecular complexity index is 554. The molecule has 1 unspecified atom stereocenters. The zero-order valence-corrected chi connectivity index (χ0v) is 10.0. The van der Waals surface area contributed by atoms with Crippen LogP contribution in [0.15, 0.2) is 29.4 Å². The van der Waals surface area contributed by atoms with Crippen molar-refractivity contribution >= 4 is 11.8 Å². The summed E-state index contributed by atoms with van der Waals surface area (Å²) in [6.07, 6.45) is 0. The fourth-order valence-electron chi connectivity index (χ4n) is 1.75. The van der Waals surface area contributed by atoms with Crippen LogP contribution in [0.4, 0.5) is 4.39 Å². The molecule has 1 N–H and O–H groups in total. The van der Waals surface area contributed by atoms with Crippen LogP contribution in [0.2, 0.25) is 0 Å². The fourth-order valence-corrected chi connectivity index (χ4v) is 2.59. The molecule has 0 saturated carbocycles. The lowest BCUT2D eigenvalue weighted by Gasteiger charge is -2.22. The summed E-state index contributed by atoms with van der Waals surface area (Å²) >= 11 is 1.65. The summed E-state index contributed by atoms with van der Waals surface area (Å²) in [5.74, 6) is 1.34. The van der Waals surface area contributed by atoms with E-state index in [0.29, 0.717) is 11.9 Å². The number of hydrogen-bond acceptors (Lipinski definition) is 4. The van der Waals surface area contributed by atoms with Crippen molar-refractivity contribution in [3.63, 3.8) is 0 Å². The van der Waals surface area contributed by atoms with E-state index in [2.05, 4.69) is 22.5 Å². The molecule has 4 nitrogen and oxygen atoms in total. The molecule has 1 aliphatic heterocycles. The number of rotatable bonds is 1. The maximum absolute atomic E-state index is 13.2. The predicted octanol–water partition coefficient (Wildman–Crippen LogP) is 2.12. The van der Waals surface area contributed by atoms with Gasteiger partial charge in [-0.3, -0.25) is 0 Å². The molecule has 3 rings (SSSR count). The Kier molecular flexibility index (Phi) is 2.51. The Balaban J connectivity index is 2.07. The Hall–Kier alpha value is -1.56. The van der Waals surface area contributed by atoms with E-state index in [-0.39, 0.29) is 5.82 Å². The van der Waals surface area contributed by atoms with Gasteiger partial charge in [0.2, 0.25) is 5.16 Å². The van der Waals surface area contributed by atoms with Crippen molar-refractivity contribution in [1.82, 2.24) is 14.9 Å². The second-order valence-electron chi connectivity index (χ2n) is 3.99. The van der Waals surface area contributed by atoms with Crippen molar-refractivity contribution in [1.29, 1.82) is 0 Å². The highest BCUT2D eigenvalue weighted by atomic mass is 32.2. The standard InChI is InChI=1S/C11H11FN4S/c1-7-6-17-11-14-13-10(16(11)15-7)8-3-2-4-9(12)5-8/h2-5,7,15H,6H2,1H3. The van der Waals surface area contributed by atoms with E-state index in [1.165, 1.54) is 12.1 Å². The van der Waals surface area contributed by atoms with Crippen LogP contribution in [-0.4, -0.2) is 26.7 Å². The number of thioether (sulfide) groups is 1. The molecule has 2 aromatic rings. The molecule has 1 aromatic heterocycles. The Morgan fingerprint density at radius 2 is 2.35 bits per heavy atom. The third-order valence-electron chi connectivity index (χ3n) is 2.53. The molecule has 0 saturated heterocycles. The van der Waals surface area contributed by atoms with E-state index in [9.17, 15) is 4.39 Å². The number of nitrogens with zero attached hydrogens (tertiary/aromatic N) is 3. The summed E-state index contributed by atoms with van der Waals surface area (Å²) in [6, 6.07) is 6.72. The average Bonchev–Trinajstić information content (AvgIpc) is 2.71. The molecule has 0 spiro atoms. The molecule has 2 heterocycles. The van der Waals surface area contributed by atoms with Crippen molar-refractivity contribution in [2.75, 3.05) is 11.2 Å². The van der Waals surface area contributed by atoms with Crippen LogP contribution in [0.3, 0.4) is 0 Å². The molecule has 88 valence electrons. The summed E-state index contributed by atoms with van der Waals surface area (Å²) in [6.45, 7) is 2.09. The van der Waals surface area contributed by atoms with Gasteiger partial charge in [-0.15, -0.1) is 10.2 Å². The minimum Gasteiger partial charge on any atom is -0.318 e. The van der Waals surface area contributed by atoms with Gasteiger partial charge in [-0.25, -0.2) is 9.07 Å². The van der Waals surface area contributed by atoms with Crippen molar-refractivity contribution in [2.24, 2.45) is 0 Å². The highest BCUT2D eigenvalue weighted by molar-refractivity contribution is 7.99. The van der Waals surface area contributed by atoms with Crippen LogP contribution in [0.5, 0.6) is 0 Å². The molecule has 0 radical (unpaired) electrons. The molecule has 6 heteroatoms. The molecule has 0 bridgehead atoms. The van der Waals surface area contributed by atoms with Crippen LogP contribution in [-0.2, 0) is 0 Å². The van der Waals surface area contributed by atoms with Gasteiger partial charge in [0.1, 0.15) is 5.82 Å².